The molecule has 0 saturated heterocycles. The molecule has 4 aliphatic carbocycles. The van der Waals surface area contributed by atoms with Crippen LogP contribution in [0.5, 0.6) is 5.75 Å². The maximum absolute atomic E-state index is 15.6. The van der Waals surface area contributed by atoms with E-state index in [1.807, 2.05) is 6.07 Å². The van der Waals surface area contributed by atoms with E-state index in [1.165, 1.54) is 48.6 Å². The summed E-state index contributed by atoms with van der Waals surface area (Å²) in [5, 5.41) is 32.3. The monoisotopic (exact) mass is 1050 g/mol. The van der Waals surface area contributed by atoms with Crippen LogP contribution in [0.25, 0.3) is 11.0 Å². The van der Waals surface area contributed by atoms with E-state index in [2.05, 4.69) is 78.9 Å². The number of benzene rings is 4. The van der Waals surface area contributed by atoms with Gasteiger partial charge in [0.25, 0.3) is 0 Å². The Kier molecular flexibility index (Phi) is 16.0. The predicted molar refractivity (Wildman–Crippen MR) is 295 cm³/mol. The molecule has 1 aromatic heterocycles. The molecule has 0 amide bonds. The van der Waals surface area contributed by atoms with Crippen molar-refractivity contribution in [1.29, 1.82) is 0 Å². The highest BCUT2D eigenvalue weighted by Gasteiger charge is 2.62. The number of hydrogen-bond acceptors (Lipinski definition) is 11. The number of aryl methyl sites for hydroxylation is 1. The van der Waals surface area contributed by atoms with E-state index < -0.39 is 47.9 Å². The van der Waals surface area contributed by atoms with E-state index in [1.54, 1.807) is 13.0 Å². The summed E-state index contributed by atoms with van der Waals surface area (Å²) in [6, 6.07) is 32.6. The van der Waals surface area contributed by atoms with Crippen molar-refractivity contribution in [2.75, 3.05) is 26.9 Å². The summed E-state index contributed by atoms with van der Waals surface area (Å²) in [6.45, 7) is 0.785. The van der Waals surface area contributed by atoms with Crippen molar-refractivity contribution >= 4 is 22.9 Å². The summed E-state index contributed by atoms with van der Waals surface area (Å²) < 4.78 is 33.4. The molecule has 11 heteroatoms. The number of fused-ring (bicyclic) bond motifs is 13. The normalized spacial score (nSPS) is 28.5. The van der Waals surface area contributed by atoms with Crippen molar-refractivity contribution in [3.05, 3.63) is 157 Å². The van der Waals surface area contributed by atoms with Crippen LogP contribution in [0.15, 0.2) is 111 Å². The van der Waals surface area contributed by atoms with Crippen LogP contribution in [-0.2, 0) is 42.2 Å². The third-order valence-corrected chi connectivity index (χ3v) is 19.6. The molecule has 3 N–H and O–H groups in total. The lowest BCUT2D eigenvalue weighted by Gasteiger charge is -2.56. The van der Waals surface area contributed by atoms with Crippen LogP contribution in [0.3, 0.4) is 0 Å². The van der Waals surface area contributed by atoms with Crippen LogP contribution >= 0.6 is 0 Å². The van der Waals surface area contributed by atoms with Crippen molar-refractivity contribution in [3.63, 3.8) is 0 Å². The van der Waals surface area contributed by atoms with Gasteiger partial charge in [0, 0.05) is 53.9 Å². The number of rotatable bonds is 10. The topological polar surface area (TPSA) is 162 Å². The Morgan fingerprint density at radius 1 is 0.753 bits per heavy atom. The molecule has 5 aromatic rings. The van der Waals surface area contributed by atoms with Gasteiger partial charge in [-0.25, -0.2) is 9.59 Å². The second kappa shape index (κ2) is 23.0. The molecule has 7 aliphatic rings. The fourth-order valence-electron chi connectivity index (χ4n) is 15.8. The predicted octanol–water partition coefficient (Wildman–Crippen LogP) is 12.3. The molecule has 1 spiro atoms. The third-order valence-electron chi connectivity index (χ3n) is 19.6. The molecule has 4 fully saturated rings. The van der Waals surface area contributed by atoms with Gasteiger partial charge in [-0.15, -0.1) is 0 Å². The van der Waals surface area contributed by atoms with Crippen LogP contribution in [0.1, 0.15) is 191 Å². The first kappa shape index (κ1) is 53.4. The molecule has 12 rings (SSSR count). The fourth-order valence-corrected chi connectivity index (χ4v) is 15.8. The maximum atomic E-state index is 15.6. The zero-order valence-electron chi connectivity index (χ0n) is 45.2. The van der Waals surface area contributed by atoms with Crippen molar-refractivity contribution in [1.82, 2.24) is 0 Å². The third kappa shape index (κ3) is 10.1. The molecule has 0 unspecified atom stereocenters. The molecule has 11 nitrogen and oxygen atoms in total. The van der Waals surface area contributed by atoms with Crippen molar-refractivity contribution in [3.8, 4) is 5.75 Å². The molecule has 77 heavy (non-hydrogen) atoms. The number of esters is 2. The molecule has 2 bridgehead atoms. The van der Waals surface area contributed by atoms with E-state index in [0.717, 1.165) is 76.2 Å². The van der Waals surface area contributed by atoms with Gasteiger partial charge in [0.15, 0.2) is 17.8 Å². The Morgan fingerprint density at radius 3 is 2.30 bits per heavy atom. The van der Waals surface area contributed by atoms with Gasteiger partial charge in [-0.3, -0.25) is 4.79 Å². The Hall–Kier alpha value is -5.59. The summed E-state index contributed by atoms with van der Waals surface area (Å²) >= 11 is 0. The molecule has 9 atom stereocenters. The maximum Gasteiger partial charge on any atom is 0.340 e. The average Bonchev–Trinajstić information content (AvgIpc) is 3.62. The highest BCUT2D eigenvalue weighted by molar-refractivity contribution is 5.90. The van der Waals surface area contributed by atoms with Crippen molar-refractivity contribution in [2.45, 2.75) is 177 Å². The first-order valence-electron chi connectivity index (χ1n) is 29.1. The summed E-state index contributed by atoms with van der Waals surface area (Å²) in [4.78, 5) is 45.3. The van der Waals surface area contributed by atoms with Gasteiger partial charge in [0.2, 0.25) is 0 Å². The van der Waals surface area contributed by atoms with Gasteiger partial charge >= 0.3 is 17.6 Å². The molecule has 0 radical (unpaired) electrons. The standard InChI is InChI=1S/C66H78O11/c1-41(38-68)51-26-22-42-20-23-43(24-21-42)52-27-25-46(45-14-11-18-50(36-45)65(31-9-4-10-32-65)49-16-5-3-6-17-49)35-48(52)37-57(70)74-61-59-56(77-66(62(61)76-63(51)71)33-12-15-44-13-7-8-19-55(44)66)29-28-53-54(39-69)58(64(72)75-60(53)59)47(30-34-67)40-73-2/h3,5-6,11,14,16-18,20-21,23-24,28-29,36,44,46-48,52,55,61-62,67-69H,4,7-10,12-13,15,19,22,25-27,30-35,37-40H2,1-2H3/b51-41-/t44-,46-,47-,48+,52+,55-,61-,62+,66+/m1/s1. The second-order valence-corrected chi connectivity index (χ2v) is 23.7. The van der Waals surface area contributed by atoms with Crippen LogP contribution < -0.4 is 10.4 Å². The lowest BCUT2D eigenvalue weighted by atomic mass is 9.59. The highest BCUT2D eigenvalue weighted by Crippen LogP contribution is 2.58. The van der Waals surface area contributed by atoms with Crippen molar-refractivity contribution in [2.24, 2.45) is 17.8 Å². The molecule has 4 heterocycles. The summed E-state index contributed by atoms with van der Waals surface area (Å²) in [5.41, 5.74) is 6.17. The Bertz CT molecular complexity index is 3000. The number of methoxy groups -OCH3 is 1. The Labute approximate surface area is 453 Å². The number of ether oxygens (including phenoxy) is 4. The van der Waals surface area contributed by atoms with E-state index in [0.29, 0.717) is 47.1 Å². The summed E-state index contributed by atoms with van der Waals surface area (Å²) in [7, 11) is 1.52. The fraction of sp³-hybridized carbons (Fsp3) is 0.530. The van der Waals surface area contributed by atoms with Gasteiger partial charge in [0.1, 0.15) is 11.3 Å². The number of carbonyl (C=O) groups is 2. The molecular weight excluding hydrogens is 969 g/mol. The van der Waals surface area contributed by atoms with Crippen LogP contribution in [-0.4, -0.2) is 65.9 Å². The molecule has 4 saturated carbocycles. The molecule has 4 aromatic carbocycles. The van der Waals surface area contributed by atoms with E-state index in [-0.39, 0.29) is 84.4 Å². The Morgan fingerprint density at radius 2 is 1.53 bits per heavy atom. The number of aliphatic hydroxyl groups is 3. The van der Waals surface area contributed by atoms with Crippen LogP contribution in [0.4, 0.5) is 0 Å². The van der Waals surface area contributed by atoms with Crippen molar-refractivity contribution < 1.29 is 48.3 Å². The van der Waals surface area contributed by atoms with Crippen LogP contribution in [0.2, 0.25) is 0 Å². The molecule has 3 aliphatic heterocycles. The Balaban J connectivity index is 1.05. The molecule has 408 valence electrons. The molecular formula is C66H78O11. The first-order valence-corrected chi connectivity index (χ1v) is 29.1. The number of hydrogen-bond donors (Lipinski definition) is 3. The quantitative estimate of drug-likeness (QED) is 0.0693. The minimum atomic E-state index is -1.27. The minimum Gasteiger partial charge on any atom is -0.482 e. The summed E-state index contributed by atoms with van der Waals surface area (Å²) in [5.74, 6) is -0.831. The number of carbonyl (C=O) groups excluding carboxylic acids is 2. The van der Waals surface area contributed by atoms with E-state index >= 15 is 9.59 Å². The van der Waals surface area contributed by atoms with Gasteiger partial charge in [-0.2, -0.15) is 0 Å². The number of aliphatic hydroxyl groups excluding tert-OH is 3. The SMILES string of the molecule is COC[C@@H](CCO)c1c(CO)c2ccc3c(c2oc1=O)[C@H]1OC(=O)C[C@@H]2C[C@H](c4cccc(C5(c6ccccc6)CCCCC5)c4)CC[C@H]2c2ccc(cc2)CC/C(=C(\C)CO)C(=O)O[C@@H]1[C@@]1(CCC[C@H]2CCCC[C@H]21)O3. The van der Waals surface area contributed by atoms with Gasteiger partial charge < -0.3 is 38.7 Å². The van der Waals surface area contributed by atoms with E-state index in [4.69, 9.17) is 23.4 Å². The van der Waals surface area contributed by atoms with E-state index in [9.17, 15) is 20.1 Å². The lowest BCUT2D eigenvalue weighted by molar-refractivity contribution is -0.217. The van der Waals surface area contributed by atoms with Crippen LogP contribution in [0, 0.1) is 17.8 Å². The van der Waals surface area contributed by atoms with Gasteiger partial charge in [0.05, 0.1) is 25.4 Å². The minimum absolute atomic E-state index is 0.0349. The highest BCUT2D eigenvalue weighted by atomic mass is 16.6. The average molecular weight is 1050 g/mol. The smallest absolute Gasteiger partial charge is 0.340 e. The largest absolute Gasteiger partial charge is 0.482 e. The summed E-state index contributed by atoms with van der Waals surface area (Å²) in [6.07, 6.45) is 13.5. The first-order chi connectivity index (χ1) is 37.6. The van der Waals surface area contributed by atoms with Gasteiger partial charge in [-0.05, 0) is 159 Å². The second-order valence-electron chi connectivity index (χ2n) is 23.7. The lowest BCUT2D eigenvalue weighted by Crippen LogP contribution is -2.63. The zero-order valence-corrected chi connectivity index (χ0v) is 45.2. The zero-order chi connectivity index (χ0) is 53.3. The van der Waals surface area contributed by atoms with Gasteiger partial charge in [-0.1, -0.05) is 117 Å².